The van der Waals surface area contributed by atoms with Gasteiger partial charge in [0.1, 0.15) is 5.75 Å². The summed E-state index contributed by atoms with van der Waals surface area (Å²) in [5.74, 6) is 0.174. The van der Waals surface area contributed by atoms with Gasteiger partial charge in [-0.1, -0.05) is 38.1 Å². The van der Waals surface area contributed by atoms with Crippen LogP contribution in [0.1, 0.15) is 30.9 Å². The fraction of sp³-hybridized carbons (Fsp3) is 0.250. The van der Waals surface area contributed by atoms with Crippen molar-refractivity contribution in [1.82, 2.24) is 0 Å². The molecule has 0 radical (unpaired) electrons. The molecule has 0 fully saturated rings. The van der Waals surface area contributed by atoms with E-state index in [9.17, 15) is 0 Å². The molecule has 0 spiro atoms. The predicted molar refractivity (Wildman–Crippen MR) is 81.5 cm³/mol. The minimum Gasteiger partial charge on any atom is -0.448 e. The van der Waals surface area contributed by atoms with Crippen LogP contribution in [0.5, 0.6) is 5.75 Å². The van der Waals surface area contributed by atoms with Crippen LogP contribution in [0, 0.1) is 0 Å². The van der Waals surface area contributed by atoms with Crippen LogP contribution in [-0.4, -0.2) is 0 Å². The Morgan fingerprint density at radius 2 is 1.80 bits per heavy atom. The van der Waals surface area contributed by atoms with Crippen LogP contribution in [0.4, 0.5) is 11.4 Å². The molecule has 104 valence electrons. The first-order chi connectivity index (χ1) is 9.48. The predicted octanol–water partition coefficient (Wildman–Crippen LogP) is 2.97. The van der Waals surface area contributed by atoms with Gasteiger partial charge in [0, 0.05) is 11.3 Å². The molecule has 0 aromatic heterocycles. The first-order valence-electron chi connectivity index (χ1n) is 6.74. The average molecular weight is 269 g/mol. The van der Waals surface area contributed by atoms with E-state index in [4.69, 9.17) is 16.2 Å². The zero-order valence-electron chi connectivity index (χ0n) is 11.7. The molecule has 4 nitrogen and oxygen atoms in total. The molecule has 0 saturated heterocycles. The van der Waals surface area contributed by atoms with Gasteiger partial charge in [-0.3, -0.25) is 5.73 Å². The summed E-state index contributed by atoms with van der Waals surface area (Å²) in [5.41, 5.74) is 15.8. The third kappa shape index (κ3) is 2.08. The highest BCUT2D eigenvalue weighted by atomic mass is 16.5. The number of fused-ring (bicyclic) bond motifs is 1. The quantitative estimate of drug-likeness (QED) is 0.733. The standard InChI is InChI=1S/C16H19N3O/c1-10(2)11-3-5-12(6-4-11)16(18)19-14-9-13(17)7-8-15(14)20-16/h3-10,19H,17-18H2,1-2H3. The number of hydrogen-bond donors (Lipinski definition) is 3. The second kappa shape index (κ2) is 4.42. The summed E-state index contributed by atoms with van der Waals surface area (Å²) in [4.78, 5) is 0. The second-order valence-corrected chi connectivity index (χ2v) is 5.50. The van der Waals surface area contributed by atoms with Crippen LogP contribution >= 0.6 is 0 Å². The molecule has 0 saturated carbocycles. The van der Waals surface area contributed by atoms with Crippen molar-refractivity contribution < 1.29 is 4.74 Å². The van der Waals surface area contributed by atoms with E-state index in [2.05, 4.69) is 31.3 Å². The largest absolute Gasteiger partial charge is 0.448 e. The molecule has 5 N–H and O–H groups in total. The summed E-state index contributed by atoms with van der Waals surface area (Å²) in [6, 6.07) is 13.6. The molecule has 3 rings (SSSR count). The van der Waals surface area contributed by atoms with Gasteiger partial charge in [0.15, 0.2) is 0 Å². The summed E-state index contributed by atoms with van der Waals surface area (Å²) in [6.45, 7) is 4.33. The number of nitrogens with two attached hydrogens (primary N) is 2. The van der Waals surface area contributed by atoms with Crippen molar-refractivity contribution in [3.05, 3.63) is 53.6 Å². The SMILES string of the molecule is CC(C)c1ccc(C2(N)Nc3cc(N)ccc3O2)cc1. The third-order valence-corrected chi connectivity index (χ3v) is 3.60. The van der Waals surface area contributed by atoms with E-state index in [0.29, 0.717) is 11.6 Å². The maximum atomic E-state index is 6.33. The van der Waals surface area contributed by atoms with Crippen molar-refractivity contribution in [1.29, 1.82) is 0 Å². The van der Waals surface area contributed by atoms with Gasteiger partial charge >= 0.3 is 0 Å². The normalized spacial score (nSPS) is 20.4. The number of hydrogen-bond acceptors (Lipinski definition) is 4. The molecule has 1 atom stereocenters. The first-order valence-corrected chi connectivity index (χ1v) is 6.74. The van der Waals surface area contributed by atoms with Crippen molar-refractivity contribution in [3.63, 3.8) is 0 Å². The molecule has 0 aliphatic carbocycles. The van der Waals surface area contributed by atoms with Gasteiger partial charge in [-0.25, -0.2) is 0 Å². The summed E-state index contributed by atoms with van der Waals surface area (Å²) < 4.78 is 5.85. The number of nitrogens with one attached hydrogen (secondary N) is 1. The molecule has 0 bridgehead atoms. The highest BCUT2D eigenvalue weighted by molar-refractivity contribution is 5.67. The Labute approximate surface area is 118 Å². The van der Waals surface area contributed by atoms with Crippen LogP contribution in [0.2, 0.25) is 0 Å². The number of ether oxygens (including phenoxy) is 1. The smallest absolute Gasteiger partial charge is 0.263 e. The molecule has 1 heterocycles. The van der Waals surface area contributed by atoms with E-state index >= 15 is 0 Å². The zero-order valence-corrected chi connectivity index (χ0v) is 11.7. The first kappa shape index (κ1) is 12.8. The maximum Gasteiger partial charge on any atom is 0.263 e. The molecule has 0 amide bonds. The van der Waals surface area contributed by atoms with Crippen LogP contribution in [0.15, 0.2) is 42.5 Å². The van der Waals surface area contributed by atoms with Crippen molar-refractivity contribution in [2.45, 2.75) is 25.6 Å². The number of benzene rings is 2. The Kier molecular flexibility index (Phi) is 2.83. The Hall–Kier alpha value is -2.20. The fourth-order valence-electron chi connectivity index (χ4n) is 2.38. The lowest BCUT2D eigenvalue weighted by atomic mass is 10.0. The van der Waals surface area contributed by atoms with Crippen LogP contribution < -0.4 is 21.5 Å². The van der Waals surface area contributed by atoms with Gasteiger partial charge in [0.25, 0.3) is 5.85 Å². The molecule has 1 unspecified atom stereocenters. The third-order valence-electron chi connectivity index (χ3n) is 3.60. The second-order valence-electron chi connectivity index (χ2n) is 5.50. The Morgan fingerprint density at radius 3 is 2.45 bits per heavy atom. The number of nitrogen functional groups attached to an aromatic ring is 1. The van der Waals surface area contributed by atoms with Gasteiger partial charge in [0.2, 0.25) is 0 Å². The molecule has 4 heteroatoms. The summed E-state index contributed by atoms with van der Waals surface area (Å²) in [7, 11) is 0. The van der Waals surface area contributed by atoms with Crippen molar-refractivity contribution in [2.24, 2.45) is 5.73 Å². The average Bonchev–Trinajstić information content (AvgIpc) is 2.75. The van der Waals surface area contributed by atoms with Gasteiger partial charge in [-0.2, -0.15) is 0 Å². The van der Waals surface area contributed by atoms with Crippen LogP contribution in [-0.2, 0) is 5.85 Å². The van der Waals surface area contributed by atoms with Gasteiger partial charge in [-0.15, -0.1) is 0 Å². The molecular weight excluding hydrogens is 250 g/mol. The molecular formula is C16H19N3O. The van der Waals surface area contributed by atoms with Crippen LogP contribution in [0.25, 0.3) is 0 Å². The molecule has 20 heavy (non-hydrogen) atoms. The summed E-state index contributed by atoms with van der Waals surface area (Å²) in [6.07, 6.45) is 0. The van der Waals surface area contributed by atoms with E-state index in [1.54, 1.807) is 6.07 Å². The van der Waals surface area contributed by atoms with E-state index in [1.807, 2.05) is 24.3 Å². The zero-order chi connectivity index (χ0) is 14.3. The monoisotopic (exact) mass is 269 g/mol. The molecule has 2 aromatic rings. The lowest BCUT2D eigenvalue weighted by Crippen LogP contribution is -2.46. The van der Waals surface area contributed by atoms with E-state index in [0.717, 1.165) is 17.0 Å². The Bertz CT molecular complexity index is 637. The number of rotatable bonds is 2. The molecule has 1 aliphatic heterocycles. The summed E-state index contributed by atoms with van der Waals surface area (Å²) in [5, 5.41) is 3.19. The lowest BCUT2D eigenvalue weighted by Gasteiger charge is -2.25. The topological polar surface area (TPSA) is 73.3 Å². The van der Waals surface area contributed by atoms with E-state index < -0.39 is 5.85 Å². The molecule has 2 aromatic carbocycles. The van der Waals surface area contributed by atoms with Crippen molar-refractivity contribution >= 4 is 11.4 Å². The minimum atomic E-state index is -1.04. The fourth-order valence-corrected chi connectivity index (χ4v) is 2.38. The maximum absolute atomic E-state index is 6.33. The highest BCUT2D eigenvalue weighted by Crippen LogP contribution is 2.40. The van der Waals surface area contributed by atoms with Crippen LogP contribution in [0.3, 0.4) is 0 Å². The van der Waals surface area contributed by atoms with Gasteiger partial charge in [0.05, 0.1) is 5.69 Å². The van der Waals surface area contributed by atoms with Gasteiger partial charge < -0.3 is 15.8 Å². The lowest BCUT2D eigenvalue weighted by molar-refractivity contribution is 0.126. The van der Waals surface area contributed by atoms with E-state index in [-0.39, 0.29) is 0 Å². The van der Waals surface area contributed by atoms with Crippen molar-refractivity contribution in [2.75, 3.05) is 11.1 Å². The molecule has 1 aliphatic rings. The number of anilines is 2. The Morgan fingerprint density at radius 1 is 1.10 bits per heavy atom. The highest BCUT2D eigenvalue weighted by Gasteiger charge is 2.36. The Balaban J connectivity index is 1.91. The summed E-state index contributed by atoms with van der Waals surface area (Å²) >= 11 is 0. The van der Waals surface area contributed by atoms with Crippen molar-refractivity contribution in [3.8, 4) is 5.75 Å². The van der Waals surface area contributed by atoms with E-state index in [1.165, 1.54) is 5.56 Å². The van der Waals surface area contributed by atoms with Gasteiger partial charge in [-0.05, 0) is 29.7 Å². The minimum absolute atomic E-state index is 0.493.